The fraction of sp³-hybridized carbons (Fsp3) is 0.292. The van der Waals surface area contributed by atoms with Crippen molar-refractivity contribution in [1.82, 2.24) is 5.32 Å². The minimum Gasteiger partial charge on any atom is -0.467 e. The van der Waals surface area contributed by atoms with Gasteiger partial charge in [0.15, 0.2) is 0 Å². The Kier molecular flexibility index (Phi) is 4.61. The van der Waals surface area contributed by atoms with Crippen molar-refractivity contribution in [3.05, 3.63) is 95.4 Å². The van der Waals surface area contributed by atoms with E-state index < -0.39 is 5.41 Å². The number of amides is 1. The summed E-state index contributed by atoms with van der Waals surface area (Å²) < 4.78 is 5.38. The number of furan rings is 1. The molecule has 3 nitrogen and oxygen atoms in total. The van der Waals surface area contributed by atoms with Crippen LogP contribution in [0.25, 0.3) is 0 Å². The number of carbonyl (C=O) groups excluding carboxylic acids is 1. The smallest absolute Gasteiger partial charge is 0.227 e. The van der Waals surface area contributed by atoms with Gasteiger partial charge in [0.2, 0.25) is 5.91 Å². The molecule has 1 aliphatic carbocycles. The van der Waals surface area contributed by atoms with Crippen molar-refractivity contribution in [3.8, 4) is 0 Å². The second-order valence-electron chi connectivity index (χ2n) is 7.76. The minimum absolute atomic E-state index is 0.0303. The Morgan fingerprint density at radius 3 is 2.44 bits per heavy atom. The van der Waals surface area contributed by atoms with Gasteiger partial charge in [-0.1, -0.05) is 61.5 Å². The monoisotopic (exact) mass is 359 g/mol. The number of hydrogen-bond acceptors (Lipinski definition) is 2. The zero-order valence-electron chi connectivity index (χ0n) is 15.8. The van der Waals surface area contributed by atoms with Gasteiger partial charge in [-0.25, -0.2) is 0 Å². The van der Waals surface area contributed by atoms with Crippen molar-refractivity contribution in [2.45, 2.75) is 38.6 Å². The molecule has 0 aliphatic heterocycles. The molecule has 0 unspecified atom stereocenters. The van der Waals surface area contributed by atoms with Gasteiger partial charge in [-0.3, -0.25) is 4.79 Å². The Bertz CT molecular complexity index is 917. The highest BCUT2D eigenvalue weighted by Crippen LogP contribution is 2.53. The van der Waals surface area contributed by atoms with Crippen LogP contribution in [0, 0.1) is 5.41 Å². The van der Waals surface area contributed by atoms with E-state index in [1.54, 1.807) is 6.26 Å². The van der Waals surface area contributed by atoms with Crippen LogP contribution in [0.5, 0.6) is 0 Å². The second kappa shape index (κ2) is 7.07. The molecule has 0 fully saturated rings. The maximum Gasteiger partial charge on any atom is 0.227 e. The van der Waals surface area contributed by atoms with Crippen LogP contribution in [0.15, 0.2) is 77.4 Å². The number of hydrogen-bond donors (Lipinski definition) is 1. The van der Waals surface area contributed by atoms with E-state index in [1.807, 2.05) is 18.2 Å². The lowest BCUT2D eigenvalue weighted by Gasteiger charge is -2.44. The third-order valence-electron chi connectivity index (χ3n) is 5.86. The maximum atomic E-state index is 13.4. The number of carbonyl (C=O) groups is 1. The van der Waals surface area contributed by atoms with Gasteiger partial charge in [-0.15, -0.1) is 0 Å². The standard InChI is InChI=1S/C24H25NO2/c1-17-15-24(2,23(26)25-16-19-11-8-14-27-19)22(18-9-4-3-5-10-18)21-13-7-6-12-20(17)21/h3-14,17,22H,15-16H2,1-2H3,(H,25,26)/t17-,22+,24-/m1/s1. The highest BCUT2D eigenvalue weighted by molar-refractivity contribution is 5.85. The molecule has 3 atom stereocenters. The number of fused-ring (bicyclic) bond motifs is 1. The van der Waals surface area contributed by atoms with E-state index in [2.05, 4.69) is 67.7 Å². The van der Waals surface area contributed by atoms with Crippen molar-refractivity contribution in [2.75, 3.05) is 0 Å². The van der Waals surface area contributed by atoms with E-state index in [9.17, 15) is 4.79 Å². The van der Waals surface area contributed by atoms with Crippen molar-refractivity contribution in [1.29, 1.82) is 0 Å². The van der Waals surface area contributed by atoms with Crippen molar-refractivity contribution < 1.29 is 9.21 Å². The molecule has 3 aromatic rings. The molecule has 1 aromatic heterocycles. The zero-order chi connectivity index (χ0) is 18.9. The van der Waals surface area contributed by atoms with Gasteiger partial charge in [-0.2, -0.15) is 0 Å². The van der Waals surface area contributed by atoms with Crippen LogP contribution in [0.3, 0.4) is 0 Å². The van der Waals surface area contributed by atoms with E-state index in [4.69, 9.17) is 4.42 Å². The van der Waals surface area contributed by atoms with Crippen LogP contribution in [0.2, 0.25) is 0 Å². The van der Waals surface area contributed by atoms with Crippen LogP contribution >= 0.6 is 0 Å². The van der Waals surface area contributed by atoms with Crippen LogP contribution < -0.4 is 5.32 Å². The molecule has 1 aliphatic rings. The summed E-state index contributed by atoms with van der Waals surface area (Å²) in [6.45, 7) is 4.74. The fourth-order valence-corrected chi connectivity index (χ4v) is 4.63. The Hall–Kier alpha value is -2.81. The largest absolute Gasteiger partial charge is 0.467 e. The lowest BCUT2D eigenvalue weighted by Crippen LogP contribution is -2.46. The molecule has 0 spiro atoms. The minimum atomic E-state index is -0.526. The molecule has 1 heterocycles. The molecule has 4 rings (SSSR count). The van der Waals surface area contributed by atoms with E-state index in [1.165, 1.54) is 16.7 Å². The molecule has 1 amide bonds. The topological polar surface area (TPSA) is 42.2 Å². The SMILES string of the molecule is C[C@@H]1C[C@@](C)(C(=O)NCc2ccco2)[C@@H](c2ccccc2)c2ccccc21. The maximum absolute atomic E-state index is 13.4. The summed E-state index contributed by atoms with van der Waals surface area (Å²) in [7, 11) is 0. The van der Waals surface area contributed by atoms with Gasteiger partial charge < -0.3 is 9.73 Å². The lowest BCUT2D eigenvalue weighted by atomic mass is 9.59. The molecule has 1 N–H and O–H groups in total. The molecule has 27 heavy (non-hydrogen) atoms. The quantitative estimate of drug-likeness (QED) is 0.692. The molecule has 3 heteroatoms. The van der Waals surface area contributed by atoms with E-state index >= 15 is 0 Å². The third kappa shape index (κ3) is 3.18. The van der Waals surface area contributed by atoms with Gasteiger partial charge in [0.1, 0.15) is 5.76 Å². The van der Waals surface area contributed by atoms with Crippen LogP contribution in [-0.4, -0.2) is 5.91 Å². The normalized spacial score (nSPS) is 24.2. The average Bonchev–Trinajstić information content (AvgIpc) is 3.20. The van der Waals surface area contributed by atoms with E-state index in [-0.39, 0.29) is 11.8 Å². The van der Waals surface area contributed by atoms with Gasteiger partial charge in [0.25, 0.3) is 0 Å². The highest BCUT2D eigenvalue weighted by Gasteiger charge is 2.47. The van der Waals surface area contributed by atoms with Crippen LogP contribution in [-0.2, 0) is 11.3 Å². The first-order valence-electron chi connectivity index (χ1n) is 9.54. The van der Waals surface area contributed by atoms with Gasteiger partial charge >= 0.3 is 0 Å². The third-order valence-corrected chi connectivity index (χ3v) is 5.86. The van der Waals surface area contributed by atoms with Crippen molar-refractivity contribution in [3.63, 3.8) is 0 Å². The molecule has 0 bridgehead atoms. The Balaban J connectivity index is 1.74. The first kappa shape index (κ1) is 17.6. The van der Waals surface area contributed by atoms with Crippen LogP contribution in [0.1, 0.15) is 54.6 Å². The molecule has 0 radical (unpaired) electrons. The zero-order valence-corrected chi connectivity index (χ0v) is 15.8. The summed E-state index contributed by atoms with van der Waals surface area (Å²) in [6.07, 6.45) is 2.45. The highest BCUT2D eigenvalue weighted by atomic mass is 16.3. The fourth-order valence-electron chi connectivity index (χ4n) is 4.63. The molecule has 138 valence electrons. The summed E-state index contributed by atoms with van der Waals surface area (Å²) in [5.74, 6) is 1.21. The first-order valence-corrected chi connectivity index (χ1v) is 9.54. The lowest BCUT2D eigenvalue weighted by molar-refractivity contribution is -0.132. The molecule has 0 saturated heterocycles. The van der Waals surface area contributed by atoms with Crippen molar-refractivity contribution in [2.24, 2.45) is 5.41 Å². The van der Waals surface area contributed by atoms with Crippen molar-refractivity contribution >= 4 is 5.91 Å². The number of benzene rings is 2. The summed E-state index contributed by atoms with van der Waals surface area (Å²) in [6, 6.07) is 22.7. The summed E-state index contributed by atoms with van der Waals surface area (Å²) >= 11 is 0. The summed E-state index contributed by atoms with van der Waals surface area (Å²) in [5.41, 5.74) is 3.27. The van der Waals surface area contributed by atoms with Gasteiger partial charge in [0, 0.05) is 5.92 Å². The summed E-state index contributed by atoms with van der Waals surface area (Å²) in [5, 5.41) is 3.11. The molecule has 0 saturated carbocycles. The Morgan fingerprint density at radius 2 is 1.74 bits per heavy atom. The van der Waals surface area contributed by atoms with E-state index in [0.29, 0.717) is 12.5 Å². The summed E-state index contributed by atoms with van der Waals surface area (Å²) in [4.78, 5) is 13.4. The molecular weight excluding hydrogens is 334 g/mol. The number of nitrogens with one attached hydrogen (secondary N) is 1. The molecular formula is C24H25NO2. The predicted molar refractivity (Wildman–Crippen MR) is 106 cm³/mol. The first-order chi connectivity index (χ1) is 13.1. The number of rotatable bonds is 4. The second-order valence-corrected chi connectivity index (χ2v) is 7.76. The predicted octanol–water partition coefficient (Wildman–Crippen LogP) is 5.24. The Morgan fingerprint density at radius 1 is 1.04 bits per heavy atom. The molecule has 2 aromatic carbocycles. The van der Waals surface area contributed by atoms with Crippen LogP contribution in [0.4, 0.5) is 0 Å². The van der Waals surface area contributed by atoms with Gasteiger partial charge in [-0.05, 0) is 48.1 Å². The average molecular weight is 359 g/mol. The van der Waals surface area contributed by atoms with E-state index in [0.717, 1.165) is 12.2 Å². The van der Waals surface area contributed by atoms with Gasteiger partial charge in [0.05, 0.1) is 18.2 Å². The Labute approximate surface area is 160 Å².